The number of carbonyl (C=O) groups excluding carboxylic acids is 1. The van der Waals surface area contributed by atoms with E-state index in [4.69, 9.17) is 23.2 Å². The summed E-state index contributed by atoms with van der Waals surface area (Å²) < 4.78 is 0. The van der Waals surface area contributed by atoms with Gasteiger partial charge in [0, 0.05) is 28.1 Å². The minimum atomic E-state index is -0.301. The molecule has 0 spiro atoms. The number of nitrogens with one attached hydrogen (secondary N) is 1. The molecule has 1 heterocycles. The lowest BCUT2D eigenvalue weighted by molar-refractivity contribution is -0.111. The number of hydrogen-bond acceptors (Lipinski definition) is 4. The van der Waals surface area contributed by atoms with Crippen molar-refractivity contribution in [2.45, 2.75) is 19.8 Å². The van der Waals surface area contributed by atoms with Gasteiger partial charge in [-0.3, -0.25) is 10.1 Å². The molecule has 2 aromatic rings. The van der Waals surface area contributed by atoms with E-state index in [1.54, 1.807) is 24.3 Å². The maximum absolute atomic E-state index is 11.8. The zero-order chi connectivity index (χ0) is 15.2. The molecule has 2 rings (SSSR count). The Morgan fingerprint density at radius 3 is 2.71 bits per heavy atom. The molecule has 0 saturated carbocycles. The van der Waals surface area contributed by atoms with Gasteiger partial charge in [-0.1, -0.05) is 47.5 Å². The van der Waals surface area contributed by atoms with E-state index in [1.807, 2.05) is 0 Å². The van der Waals surface area contributed by atoms with E-state index in [-0.39, 0.29) is 5.91 Å². The lowest BCUT2D eigenvalue weighted by Crippen LogP contribution is -2.07. The number of aryl methyl sites for hydroxylation is 1. The molecule has 0 radical (unpaired) electrons. The molecule has 0 fully saturated rings. The van der Waals surface area contributed by atoms with Crippen molar-refractivity contribution in [2.24, 2.45) is 0 Å². The number of rotatable bonds is 5. The van der Waals surface area contributed by atoms with Crippen LogP contribution in [0.1, 0.15) is 23.9 Å². The van der Waals surface area contributed by atoms with Gasteiger partial charge in [-0.2, -0.15) is 0 Å². The Balaban J connectivity index is 2.02. The molecule has 7 heteroatoms. The number of hydrogen-bond donors (Lipinski definition) is 1. The van der Waals surface area contributed by atoms with E-state index in [1.165, 1.54) is 17.4 Å². The van der Waals surface area contributed by atoms with Crippen molar-refractivity contribution in [1.82, 2.24) is 10.2 Å². The second-order valence-electron chi connectivity index (χ2n) is 4.21. The molecular weight excluding hydrogens is 329 g/mol. The summed E-state index contributed by atoms with van der Waals surface area (Å²) in [5.74, 6) is -0.301. The highest BCUT2D eigenvalue weighted by Gasteiger charge is 2.06. The molecule has 1 aromatic heterocycles. The SMILES string of the molecule is CCCc1nnc(NC(=O)/C=C/c2c(Cl)cccc2Cl)s1. The molecule has 0 aliphatic rings. The summed E-state index contributed by atoms with van der Waals surface area (Å²) in [5.41, 5.74) is 0.611. The molecule has 21 heavy (non-hydrogen) atoms. The van der Waals surface area contributed by atoms with Crippen molar-refractivity contribution in [3.63, 3.8) is 0 Å². The normalized spacial score (nSPS) is 11.0. The molecule has 0 bridgehead atoms. The van der Waals surface area contributed by atoms with Crippen molar-refractivity contribution in [3.05, 3.63) is 44.9 Å². The zero-order valence-corrected chi connectivity index (χ0v) is 13.6. The van der Waals surface area contributed by atoms with E-state index < -0.39 is 0 Å². The van der Waals surface area contributed by atoms with Crippen LogP contribution in [-0.4, -0.2) is 16.1 Å². The van der Waals surface area contributed by atoms with Gasteiger partial charge >= 0.3 is 0 Å². The van der Waals surface area contributed by atoms with Crippen LogP contribution in [0.5, 0.6) is 0 Å². The van der Waals surface area contributed by atoms with E-state index in [2.05, 4.69) is 22.4 Å². The van der Waals surface area contributed by atoms with Gasteiger partial charge in [-0.05, 0) is 24.6 Å². The zero-order valence-electron chi connectivity index (χ0n) is 11.3. The van der Waals surface area contributed by atoms with E-state index >= 15 is 0 Å². The molecule has 0 aliphatic heterocycles. The predicted molar refractivity (Wildman–Crippen MR) is 88.0 cm³/mol. The minimum Gasteiger partial charge on any atom is -0.297 e. The third-order valence-electron chi connectivity index (χ3n) is 2.56. The van der Waals surface area contributed by atoms with E-state index in [0.29, 0.717) is 20.7 Å². The van der Waals surface area contributed by atoms with Gasteiger partial charge in [0.15, 0.2) is 0 Å². The highest BCUT2D eigenvalue weighted by atomic mass is 35.5. The van der Waals surface area contributed by atoms with Crippen LogP contribution in [-0.2, 0) is 11.2 Å². The van der Waals surface area contributed by atoms with Gasteiger partial charge in [0.1, 0.15) is 5.01 Å². The number of nitrogens with zero attached hydrogens (tertiary/aromatic N) is 2. The Morgan fingerprint density at radius 2 is 2.05 bits per heavy atom. The van der Waals surface area contributed by atoms with Crippen molar-refractivity contribution in [2.75, 3.05) is 5.32 Å². The smallest absolute Gasteiger partial charge is 0.250 e. The van der Waals surface area contributed by atoms with Gasteiger partial charge in [0.25, 0.3) is 0 Å². The lowest BCUT2D eigenvalue weighted by atomic mass is 10.2. The number of carbonyl (C=O) groups is 1. The van der Waals surface area contributed by atoms with Crippen molar-refractivity contribution in [3.8, 4) is 0 Å². The van der Waals surface area contributed by atoms with Gasteiger partial charge in [-0.15, -0.1) is 10.2 Å². The van der Waals surface area contributed by atoms with Gasteiger partial charge in [0.05, 0.1) is 0 Å². The number of aromatic nitrogens is 2. The Bertz CT molecular complexity index is 650. The first-order valence-electron chi connectivity index (χ1n) is 6.35. The van der Waals surface area contributed by atoms with Crippen LogP contribution in [0.3, 0.4) is 0 Å². The molecule has 0 unspecified atom stereocenters. The fourth-order valence-corrected chi connectivity index (χ4v) is 2.96. The van der Waals surface area contributed by atoms with Crippen molar-refractivity contribution < 1.29 is 4.79 Å². The largest absolute Gasteiger partial charge is 0.297 e. The summed E-state index contributed by atoms with van der Waals surface area (Å²) in [6.45, 7) is 2.07. The van der Waals surface area contributed by atoms with E-state index in [0.717, 1.165) is 17.8 Å². The first kappa shape index (κ1) is 15.9. The molecular formula is C14H13Cl2N3OS. The van der Waals surface area contributed by atoms with Crippen LogP contribution in [0.25, 0.3) is 6.08 Å². The standard InChI is InChI=1S/C14H13Cl2N3OS/c1-2-4-13-18-19-14(21-13)17-12(20)8-7-9-10(15)5-3-6-11(9)16/h3,5-8H,2,4H2,1H3,(H,17,19,20)/b8-7+. The van der Waals surface area contributed by atoms with Gasteiger partial charge in [-0.25, -0.2) is 0 Å². The molecule has 0 saturated heterocycles. The highest BCUT2D eigenvalue weighted by molar-refractivity contribution is 7.15. The molecule has 1 amide bonds. The Labute approximate surface area is 136 Å². The summed E-state index contributed by atoms with van der Waals surface area (Å²) in [7, 11) is 0. The fraction of sp³-hybridized carbons (Fsp3) is 0.214. The van der Waals surface area contributed by atoms with Gasteiger partial charge < -0.3 is 0 Å². The molecule has 0 aliphatic carbocycles. The average molecular weight is 342 g/mol. The molecule has 4 nitrogen and oxygen atoms in total. The maximum Gasteiger partial charge on any atom is 0.250 e. The topological polar surface area (TPSA) is 54.9 Å². The van der Waals surface area contributed by atoms with Crippen LogP contribution >= 0.6 is 34.5 Å². The first-order valence-corrected chi connectivity index (χ1v) is 7.93. The Hall–Kier alpha value is -1.43. The fourth-order valence-electron chi connectivity index (χ4n) is 1.60. The van der Waals surface area contributed by atoms with Crippen LogP contribution in [0.15, 0.2) is 24.3 Å². The quantitative estimate of drug-likeness (QED) is 0.817. The van der Waals surface area contributed by atoms with Crippen LogP contribution in [0.2, 0.25) is 10.0 Å². The third-order valence-corrected chi connectivity index (χ3v) is 4.12. The number of amides is 1. The number of halogens is 2. The summed E-state index contributed by atoms with van der Waals surface area (Å²) in [4.78, 5) is 11.8. The first-order chi connectivity index (χ1) is 10.1. The second kappa shape index (κ2) is 7.54. The van der Waals surface area contributed by atoms with Crippen LogP contribution in [0.4, 0.5) is 5.13 Å². The molecule has 1 N–H and O–H groups in total. The highest BCUT2D eigenvalue weighted by Crippen LogP contribution is 2.25. The molecule has 1 aromatic carbocycles. The van der Waals surface area contributed by atoms with E-state index in [9.17, 15) is 4.79 Å². The summed E-state index contributed by atoms with van der Waals surface area (Å²) >= 11 is 13.4. The maximum atomic E-state index is 11.8. The number of benzene rings is 1. The average Bonchev–Trinajstić information content (AvgIpc) is 2.86. The molecule has 110 valence electrons. The molecule has 0 atom stereocenters. The van der Waals surface area contributed by atoms with Gasteiger partial charge in [0.2, 0.25) is 11.0 Å². The number of anilines is 1. The summed E-state index contributed by atoms with van der Waals surface area (Å²) in [6, 6.07) is 5.18. The predicted octanol–water partition coefficient (Wildman–Crippen LogP) is 4.45. The third kappa shape index (κ3) is 4.52. The Morgan fingerprint density at radius 1 is 1.33 bits per heavy atom. The second-order valence-corrected chi connectivity index (χ2v) is 6.09. The van der Waals surface area contributed by atoms with Crippen molar-refractivity contribution >= 4 is 51.7 Å². The Kier molecular flexibility index (Phi) is 5.73. The minimum absolute atomic E-state index is 0.301. The monoisotopic (exact) mass is 341 g/mol. The van der Waals surface area contributed by atoms with Crippen molar-refractivity contribution in [1.29, 1.82) is 0 Å². The summed E-state index contributed by atoms with van der Waals surface area (Å²) in [5, 5.41) is 13.0. The van der Waals surface area contributed by atoms with Crippen LogP contribution < -0.4 is 5.32 Å². The lowest BCUT2D eigenvalue weighted by Gasteiger charge is -2.00. The van der Waals surface area contributed by atoms with Crippen LogP contribution in [0, 0.1) is 0 Å². The summed E-state index contributed by atoms with van der Waals surface area (Å²) in [6.07, 6.45) is 4.80.